The number of carboxylic acids is 1. The number of rotatable bonds is 5. The SMILES string of the molecule is CCC(C)(NCC(N)=O)C(=O)O. The summed E-state index contributed by atoms with van der Waals surface area (Å²) in [7, 11) is 0. The quantitative estimate of drug-likeness (QED) is 0.514. The predicted octanol–water partition coefficient (Wildman–Crippen LogP) is -0.685. The fraction of sp³-hybridized carbons (Fsp3) is 0.714. The van der Waals surface area contributed by atoms with Crippen molar-refractivity contribution in [3.8, 4) is 0 Å². The van der Waals surface area contributed by atoms with Gasteiger partial charge in [-0.2, -0.15) is 0 Å². The van der Waals surface area contributed by atoms with Crippen LogP contribution < -0.4 is 11.1 Å². The highest BCUT2D eigenvalue weighted by Crippen LogP contribution is 2.07. The number of aliphatic carboxylic acids is 1. The lowest BCUT2D eigenvalue weighted by molar-refractivity contribution is -0.144. The number of hydrogen-bond acceptors (Lipinski definition) is 3. The van der Waals surface area contributed by atoms with Gasteiger partial charge < -0.3 is 10.8 Å². The molecular formula is C7H14N2O3. The number of primary amides is 1. The Balaban J connectivity index is 4.15. The topological polar surface area (TPSA) is 92.4 Å². The number of nitrogens with two attached hydrogens (primary N) is 1. The molecule has 0 rings (SSSR count). The summed E-state index contributed by atoms with van der Waals surface area (Å²) in [4.78, 5) is 21.0. The zero-order valence-corrected chi connectivity index (χ0v) is 7.26. The van der Waals surface area contributed by atoms with Gasteiger partial charge in [-0.25, -0.2) is 0 Å². The Kier molecular flexibility index (Phi) is 3.69. The molecule has 0 aliphatic carbocycles. The van der Waals surface area contributed by atoms with Crippen LogP contribution in [0.3, 0.4) is 0 Å². The van der Waals surface area contributed by atoms with Crippen LogP contribution in [0, 0.1) is 0 Å². The van der Waals surface area contributed by atoms with E-state index in [9.17, 15) is 9.59 Å². The summed E-state index contributed by atoms with van der Waals surface area (Å²) in [6, 6.07) is 0. The molecule has 0 radical (unpaired) electrons. The molecule has 1 amide bonds. The van der Waals surface area contributed by atoms with Crippen molar-refractivity contribution < 1.29 is 14.7 Å². The molecular weight excluding hydrogens is 160 g/mol. The van der Waals surface area contributed by atoms with Crippen LogP contribution in [-0.4, -0.2) is 29.1 Å². The van der Waals surface area contributed by atoms with Crippen LogP contribution in [0.4, 0.5) is 0 Å². The number of carboxylic acid groups (broad SMARTS) is 1. The van der Waals surface area contributed by atoms with Crippen molar-refractivity contribution in [2.75, 3.05) is 6.54 Å². The minimum absolute atomic E-state index is 0.114. The largest absolute Gasteiger partial charge is 0.480 e. The molecule has 5 heteroatoms. The number of carbonyl (C=O) groups is 2. The van der Waals surface area contributed by atoms with Crippen molar-refractivity contribution in [3.05, 3.63) is 0 Å². The van der Waals surface area contributed by atoms with E-state index in [4.69, 9.17) is 10.8 Å². The van der Waals surface area contributed by atoms with E-state index in [1.807, 2.05) is 0 Å². The van der Waals surface area contributed by atoms with Crippen molar-refractivity contribution >= 4 is 11.9 Å². The van der Waals surface area contributed by atoms with Gasteiger partial charge in [0.15, 0.2) is 0 Å². The van der Waals surface area contributed by atoms with Crippen LogP contribution in [-0.2, 0) is 9.59 Å². The van der Waals surface area contributed by atoms with E-state index in [-0.39, 0.29) is 6.54 Å². The Labute approximate surface area is 70.9 Å². The first-order valence-corrected chi connectivity index (χ1v) is 3.69. The average molecular weight is 174 g/mol. The standard InChI is InChI=1S/C7H14N2O3/c1-3-7(2,6(11)12)9-4-5(8)10/h9H,3-4H2,1-2H3,(H2,8,10)(H,11,12). The molecule has 0 saturated heterocycles. The first-order valence-electron chi connectivity index (χ1n) is 3.69. The molecule has 5 nitrogen and oxygen atoms in total. The number of carbonyl (C=O) groups excluding carboxylic acids is 1. The van der Waals surface area contributed by atoms with Gasteiger partial charge in [0.2, 0.25) is 5.91 Å². The van der Waals surface area contributed by atoms with Gasteiger partial charge in [-0.1, -0.05) is 6.92 Å². The molecule has 0 bridgehead atoms. The third-order valence-corrected chi connectivity index (χ3v) is 1.83. The van der Waals surface area contributed by atoms with Gasteiger partial charge >= 0.3 is 5.97 Å². The zero-order chi connectivity index (χ0) is 9.78. The van der Waals surface area contributed by atoms with E-state index in [1.54, 1.807) is 6.92 Å². The van der Waals surface area contributed by atoms with Gasteiger partial charge in [0, 0.05) is 0 Å². The summed E-state index contributed by atoms with van der Waals surface area (Å²) in [5, 5.41) is 11.3. The lowest BCUT2D eigenvalue weighted by Gasteiger charge is -2.23. The molecule has 0 aliphatic rings. The Hall–Kier alpha value is -1.10. The normalized spacial score (nSPS) is 15.2. The highest BCUT2D eigenvalue weighted by atomic mass is 16.4. The second kappa shape index (κ2) is 4.06. The number of hydrogen-bond donors (Lipinski definition) is 3. The van der Waals surface area contributed by atoms with Gasteiger partial charge in [0.25, 0.3) is 0 Å². The smallest absolute Gasteiger partial charge is 0.323 e. The summed E-state index contributed by atoms with van der Waals surface area (Å²) < 4.78 is 0. The third-order valence-electron chi connectivity index (χ3n) is 1.83. The van der Waals surface area contributed by atoms with Gasteiger partial charge in [0.05, 0.1) is 6.54 Å². The Morgan fingerprint density at radius 3 is 2.33 bits per heavy atom. The van der Waals surface area contributed by atoms with Crippen molar-refractivity contribution in [2.45, 2.75) is 25.8 Å². The second-order valence-corrected chi connectivity index (χ2v) is 2.81. The van der Waals surface area contributed by atoms with E-state index < -0.39 is 17.4 Å². The summed E-state index contributed by atoms with van der Waals surface area (Å²) in [6.45, 7) is 3.12. The average Bonchev–Trinajstić information content (AvgIpc) is 1.99. The van der Waals surface area contributed by atoms with Crippen molar-refractivity contribution in [2.24, 2.45) is 5.73 Å². The lowest BCUT2D eigenvalue weighted by Crippen LogP contribution is -2.51. The predicted molar refractivity (Wildman–Crippen MR) is 43.5 cm³/mol. The van der Waals surface area contributed by atoms with Crippen LogP contribution in [0.5, 0.6) is 0 Å². The Morgan fingerprint density at radius 2 is 2.08 bits per heavy atom. The molecule has 0 aliphatic heterocycles. The van der Waals surface area contributed by atoms with Crippen LogP contribution in [0.2, 0.25) is 0 Å². The Morgan fingerprint density at radius 1 is 1.58 bits per heavy atom. The Bertz CT molecular complexity index is 193. The maximum Gasteiger partial charge on any atom is 0.323 e. The fourth-order valence-electron chi connectivity index (χ4n) is 0.634. The lowest BCUT2D eigenvalue weighted by atomic mass is 9.99. The molecule has 0 fully saturated rings. The van der Waals surface area contributed by atoms with E-state index in [0.29, 0.717) is 6.42 Å². The van der Waals surface area contributed by atoms with Crippen LogP contribution in [0.15, 0.2) is 0 Å². The van der Waals surface area contributed by atoms with Gasteiger partial charge in [-0.15, -0.1) is 0 Å². The third kappa shape index (κ3) is 2.87. The minimum Gasteiger partial charge on any atom is -0.480 e. The van der Waals surface area contributed by atoms with E-state index >= 15 is 0 Å². The molecule has 12 heavy (non-hydrogen) atoms. The summed E-state index contributed by atoms with van der Waals surface area (Å²) in [6.07, 6.45) is 0.398. The summed E-state index contributed by atoms with van der Waals surface area (Å²) in [5.74, 6) is -1.54. The summed E-state index contributed by atoms with van der Waals surface area (Å²) >= 11 is 0. The zero-order valence-electron chi connectivity index (χ0n) is 7.26. The number of amides is 1. The van der Waals surface area contributed by atoms with Crippen LogP contribution in [0.25, 0.3) is 0 Å². The first-order chi connectivity index (χ1) is 5.42. The van der Waals surface area contributed by atoms with Gasteiger partial charge in [-0.3, -0.25) is 14.9 Å². The highest BCUT2D eigenvalue weighted by Gasteiger charge is 2.30. The molecule has 0 heterocycles. The highest BCUT2D eigenvalue weighted by molar-refractivity contribution is 5.80. The van der Waals surface area contributed by atoms with E-state index in [0.717, 1.165) is 0 Å². The van der Waals surface area contributed by atoms with Crippen molar-refractivity contribution in [3.63, 3.8) is 0 Å². The molecule has 0 spiro atoms. The maximum atomic E-state index is 10.7. The van der Waals surface area contributed by atoms with Crippen LogP contribution >= 0.6 is 0 Å². The first kappa shape index (κ1) is 10.9. The van der Waals surface area contributed by atoms with Gasteiger partial charge in [-0.05, 0) is 13.3 Å². The monoisotopic (exact) mass is 174 g/mol. The second-order valence-electron chi connectivity index (χ2n) is 2.81. The van der Waals surface area contributed by atoms with Gasteiger partial charge in [0.1, 0.15) is 5.54 Å². The molecule has 0 aromatic rings. The maximum absolute atomic E-state index is 10.7. The molecule has 4 N–H and O–H groups in total. The molecule has 1 unspecified atom stereocenters. The van der Waals surface area contributed by atoms with Crippen LogP contribution in [0.1, 0.15) is 20.3 Å². The minimum atomic E-state index is -1.06. The van der Waals surface area contributed by atoms with Crippen molar-refractivity contribution in [1.29, 1.82) is 0 Å². The molecule has 1 atom stereocenters. The molecule has 0 aromatic heterocycles. The molecule has 70 valence electrons. The molecule has 0 saturated carbocycles. The van der Waals surface area contributed by atoms with E-state index in [1.165, 1.54) is 6.92 Å². The summed E-state index contributed by atoms with van der Waals surface area (Å²) in [5.41, 5.74) is 3.80. The number of nitrogens with one attached hydrogen (secondary N) is 1. The molecule has 0 aromatic carbocycles. The van der Waals surface area contributed by atoms with Crippen molar-refractivity contribution in [1.82, 2.24) is 5.32 Å². The van der Waals surface area contributed by atoms with E-state index in [2.05, 4.69) is 5.32 Å². The fourth-order valence-corrected chi connectivity index (χ4v) is 0.634.